The minimum absolute atomic E-state index is 0.0270. The summed E-state index contributed by atoms with van der Waals surface area (Å²) in [4.78, 5) is 26.2. The predicted molar refractivity (Wildman–Crippen MR) is 117 cm³/mol. The molecule has 196 valence electrons. The van der Waals surface area contributed by atoms with E-state index in [1.807, 2.05) is 0 Å². The average molecular weight is 519 g/mol. The van der Waals surface area contributed by atoms with E-state index in [0.717, 1.165) is 0 Å². The molecule has 0 atom stereocenters. The van der Waals surface area contributed by atoms with Crippen molar-refractivity contribution in [2.24, 2.45) is 0 Å². The van der Waals surface area contributed by atoms with Crippen molar-refractivity contribution < 1.29 is 45.4 Å². The number of urea groups is 1. The summed E-state index contributed by atoms with van der Waals surface area (Å²) < 4.78 is 88.6. The maximum Gasteiger partial charge on any atom is 0.416 e. The molecule has 36 heavy (non-hydrogen) atoms. The van der Waals surface area contributed by atoms with Gasteiger partial charge in [0.2, 0.25) is 6.79 Å². The summed E-state index contributed by atoms with van der Waals surface area (Å²) in [6, 6.07) is 5.32. The number of hydrogen-bond donors (Lipinski definition) is 2. The normalized spacial score (nSPS) is 12.9. The predicted octanol–water partition coefficient (Wildman–Crippen LogP) is 5.20. The Hall–Kier alpha value is -3.64. The van der Waals surface area contributed by atoms with Crippen LogP contribution in [0.3, 0.4) is 0 Å². The molecule has 1 heterocycles. The molecule has 0 spiro atoms. The number of unbranched alkanes of at least 4 members (excludes halogenated alkanes) is 1. The summed E-state index contributed by atoms with van der Waals surface area (Å²) in [6.45, 7) is 2.40. The molecule has 0 bridgehead atoms. The maximum atomic E-state index is 13.0. The number of amides is 3. The zero-order valence-electron chi connectivity index (χ0n) is 19.1. The third-order valence-corrected chi connectivity index (χ3v) is 5.18. The van der Waals surface area contributed by atoms with Crippen LogP contribution >= 0.6 is 0 Å². The Morgan fingerprint density at radius 1 is 0.889 bits per heavy atom. The number of benzene rings is 2. The van der Waals surface area contributed by atoms with Gasteiger partial charge in [0, 0.05) is 37.0 Å². The SMILES string of the molecule is CCNC(=O)N(CCCCNC(=O)c1cc(C(F)(F)F)cc(C(F)(F)F)c1)c1ccc2c(c1)OCO2. The number of halogens is 6. The van der Waals surface area contributed by atoms with Gasteiger partial charge in [0.05, 0.1) is 11.1 Å². The fourth-order valence-corrected chi connectivity index (χ4v) is 3.43. The van der Waals surface area contributed by atoms with Crippen LogP contribution in [0.4, 0.5) is 36.8 Å². The molecular formula is C23H23F6N3O4. The zero-order chi connectivity index (χ0) is 26.5. The lowest BCUT2D eigenvalue weighted by molar-refractivity contribution is -0.143. The molecule has 13 heteroatoms. The van der Waals surface area contributed by atoms with Crippen LogP contribution in [0.25, 0.3) is 0 Å². The Morgan fingerprint density at radius 3 is 2.14 bits per heavy atom. The molecule has 7 nitrogen and oxygen atoms in total. The molecule has 0 unspecified atom stereocenters. The highest BCUT2D eigenvalue weighted by Crippen LogP contribution is 2.37. The van der Waals surface area contributed by atoms with Crippen LogP contribution in [-0.4, -0.2) is 38.4 Å². The monoisotopic (exact) mass is 519 g/mol. The molecular weight excluding hydrogens is 496 g/mol. The molecule has 3 rings (SSSR count). The van der Waals surface area contributed by atoms with Gasteiger partial charge in [0.15, 0.2) is 11.5 Å². The Bertz CT molecular complexity index is 1070. The number of nitrogens with one attached hydrogen (secondary N) is 2. The first-order chi connectivity index (χ1) is 16.9. The van der Waals surface area contributed by atoms with E-state index in [0.29, 0.717) is 48.7 Å². The lowest BCUT2D eigenvalue weighted by atomic mass is 10.0. The lowest BCUT2D eigenvalue weighted by Crippen LogP contribution is -2.40. The lowest BCUT2D eigenvalue weighted by Gasteiger charge is -2.23. The van der Waals surface area contributed by atoms with Gasteiger partial charge in [0.25, 0.3) is 5.91 Å². The van der Waals surface area contributed by atoms with Crippen molar-refractivity contribution in [2.45, 2.75) is 32.1 Å². The number of nitrogens with zero attached hydrogens (tertiary/aromatic N) is 1. The number of carbonyl (C=O) groups is 2. The first kappa shape index (κ1) is 27.0. The number of ether oxygens (including phenoxy) is 2. The van der Waals surface area contributed by atoms with Crippen molar-refractivity contribution in [3.8, 4) is 11.5 Å². The summed E-state index contributed by atoms with van der Waals surface area (Å²) in [5.41, 5.74) is -3.34. The first-order valence-electron chi connectivity index (χ1n) is 10.9. The number of anilines is 1. The van der Waals surface area contributed by atoms with Crippen LogP contribution in [0.2, 0.25) is 0 Å². The van der Waals surface area contributed by atoms with Crippen LogP contribution in [0.1, 0.15) is 41.3 Å². The van der Waals surface area contributed by atoms with Crippen LogP contribution in [0, 0.1) is 0 Å². The number of alkyl halides is 6. The fourth-order valence-electron chi connectivity index (χ4n) is 3.43. The minimum atomic E-state index is -5.05. The summed E-state index contributed by atoms with van der Waals surface area (Å²) in [5.74, 6) is -0.0445. The minimum Gasteiger partial charge on any atom is -0.454 e. The Morgan fingerprint density at radius 2 is 1.53 bits per heavy atom. The summed E-state index contributed by atoms with van der Waals surface area (Å²) in [6.07, 6.45) is -9.42. The molecule has 0 fully saturated rings. The smallest absolute Gasteiger partial charge is 0.416 e. The second-order valence-electron chi connectivity index (χ2n) is 7.78. The molecule has 2 N–H and O–H groups in total. The standard InChI is InChI=1S/C23H23F6N3O4/c1-2-30-21(34)32(17-5-6-18-19(12-17)36-13-35-18)8-4-3-7-31-20(33)14-9-15(22(24,25)26)11-16(10-14)23(27,28)29/h5-6,9-12H,2-4,7-8,13H2,1H3,(H,30,34)(H,31,33). The summed E-state index contributed by atoms with van der Waals surface area (Å²) in [5, 5.41) is 5.02. The van der Waals surface area contributed by atoms with E-state index in [9.17, 15) is 35.9 Å². The average Bonchev–Trinajstić information content (AvgIpc) is 3.28. The van der Waals surface area contributed by atoms with Gasteiger partial charge in [-0.1, -0.05) is 0 Å². The second-order valence-corrected chi connectivity index (χ2v) is 7.78. The molecule has 0 aromatic heterocycles. The fraction of sp³-hybridized carbons (Fsp3) is 0.391. The van der Waals surface area contributed by atoms with E-state index in [-0.39, 0.29) is 32.0 Å². The van der Waals surface area contributed by atoms with Gasteiger partial charge >= 0.3 is 18.4 Å². The van der Waals surface area contributed by atoms with E-state index in [1.165, 1.54) is 4.90 Å². The quantitative estimate of drug-likeness (QED) is 0.371. The zero-order valence-corrected chi connectivity index (χ0v) is 19.1. The van der Waals surface area contributed by atoms with Crippen molar-refractivity contribution in [1.29, 1.82) is 0 Å². The highest BCUT2D eigenvalue weighted by Gasteiger charge is 2.37. The van der Waals surface area contributed by atoms with Crippen LogP contribution < -0.4 is 25.0 Å². The van der Waals surface area contributed by atoms with E-state index < -0.39 is 35.0 Å². The molecule has 2 aromatic carbocycles. The number of hydrogen-bond acceptors (Lipinski definition) is 4. The number of rotatable bonds is 8. The molecule has 0 saturated heterocycles. The second kappa shape index (κ2) is 11.0. The van der Waals surface area contributed by atoms with Crippen molar-refractivity contribution in [1.82, 2.24) is 10.6 Å². The number of carbonyl (C=O) groups excluding carboxylic acids is 2. The van der Waals surface area contributed by atoms with Gasteiger partial charge in [-0.05, 0) is 50.1 Å². The Balaban J connectivity index is 1.61. The molecule has 2 aromatic rings. The molecule has 0 aliphatic carbocycles. The molecule has 0 saturated carbocycles. The molecule has 1 aliphatic heterocycles. The van der Waals surface area contributed by atoms with Crippen LogP contribution in [0.5, 0.6) is 11.5 Å². The van der Waals surface area contributed by atoms with Crippen molar-refractivity contribution in [3.63, 3.8) is 0 Å². The largest absolute Gasteiger partial charge is 0.454 e. The summed E-state index contributed by atoms with van der Waals surface area (Å²) in [7, 11) is 0. The highest BCUT2D eigenvalue weighted by molar-refractivity contribution is 5.94. The van der Waals surface area contributed by atoms with Gasteiger partial charge in [-0.25, -0.2) is 4.79 Å². The molecule has 0 radical (unpaired) electrons. The Labute approximate surface area is 202 Å². The van der Waals surface area contributed by atoms with Gasteiger partial charge in [-0.3, -0.25) is 9.69 Å². The third kappa shape index (κ3) is 6.73. The van der Waals surface area contributed by atoms with Gasteiger partial charge in [0.1, 0.15) is 0 Å². The van der Waals surface area contributed by atoms with E-state index in [2.05, 4.69) is 10.6 Å². The van der Waals surface area contributed by atoms with E-state index in [1.54, 1.807) is 25.1 Å². The van der Waals surface area contributed by atoms with Gasteiger partial charge < -0.3 is 20.1 Å². The van der Waals surface area contributed by atoms with Crippen LogP contribution in [-0.2, 0) is 12.4 Å². The van der Waals surface area contributed by atoms with Gasteiger partial charge in [-0.2, -0.15) is 26.3 Å². The maximum absolute atomic E-state index is 13.0. The van der Waals surface area contributed by atoms with Gasteiger partial charge in [-0.15, -0.1) is 0 Å². The first-order valence-corrected chi connectivity index (χ1v) is 10.9. The van der Waals surface area contributed by atoms with Crippen molar-refractivity contribution in [3.05, 3.63) is 53.1 Å². The van der Waals surface area contributed by atoms with E-state index in [4.69, 9.17) is 9.47 Å². The van der Waals surface area contributed by atoms with Crippen molar-refractivity contribution in [2.75, 3.05) is 31.3 Å². The third-order valence-electron chi connectivity index (χ3n) is 5.18. The van der Waals surface area contributed by atoms with Crippen LogP contribution in [0.15, 0.2) is 36.4 Å². The number of fused-ring (bicyclic) bond motifs is 1. The summed E-state index contributed by atoms with van der Waals surface area (Å²) >= 11 is 0. The molecule has 3 amide bonds. The Kier molecular flexibility index (Phi) is 8.21. The topological polar surface area (TPSA) is 79.9 Å². The molecule has 1 aliphatic rings. The van der Waals surface area contributed by atoms with Crippen molar-refractivity contribution >= 4 is 17.6 Å². The van der Waals surface area contributed by atoms with E-state index >= 15 is 0 Å². The highest BCUT2D eigenvalue weighted by atomic mass is 19.4.